The maximum absolute atomic E-state index is 2.51. The lowest BCUT2D eigenvalue weighted by atomic mass is 9.56. The van der Waals surface area contributed by atoms with E-state index in [-0.39, 0.29) is 0 Å². The van der Waals surface area contributed by atoms with Crippen LogP contribution in [0.4, 0.5) is 0 Å². The van der Waals surface area contributed by atoms with Crippen LogP contribution in [0.1, 0.15) is 380 Å². The SMILES string of the molecule is CC(C(C)(C)C)C1(C)CCC(C)(C)CC1.CC(C(C)(C)C)C1(C)CCCC1.CC(C(C)(C)C)C1(C)CCCCC1.CCC(C)(C)C1CCC(C)(C)CC1.CCC(C)(C)C1CCCC1.CCC(C)(C)C1CCCCC1. The second-order valence-electron chi connectivity index (χ2n) is 35.4. The van der Waals surface area contributed by atoms with E-state index in [1.165, 1.54) is 186 Å². The minimum atomic E-state index is 0.455. The highest BCUT2D eigenvalue weighted by molar-refractivity contribution is 4.94. The first kappa shape index (κ1) is 72.0. The molecule has 3 atom stereocenters. The van der Waals surface area contributed by atoms with Crippen LogP contribution in [0.15, 0.2) is 0 Å². The first-order valence-electron chi connectivity index (χ1n) is 33.5. The highest BCUT2D eigenvalue weighted by Gasteiger charge is 2.43. The van der Waals surface area contributed by atoms with E-state index in [4.69, 9.17) is 0 Å². The molecule has 0 aromatic carbocycles. The summed E-state index contributed by atoms with van der Waals surface area (Å²) in [7, 11) is 0. The van der Waals surface area contributed by atoms with E-state index in [9.17, 15) is 0 Å². The smallest absolute Gasteiger partial charge is 0.0295 e. The van der Waals surface area contributed by atoms with Crippen LogP contribution in [0.5, 0.6) is 0 Å². The van der Waals surface area contributed by atoms with Gasteiger partial charge in [-0.3, -0.25) is 0 Å². The normalized spacial score (nSPS) is 24.8. The predicted octanol–water partition coefficient (Wildman–Crippen LogP) is 26.4. The summed E-state index contributed by atoms with van der Waals surface area (Å²) >= 11 is 0. The van der Waals surface area contributed by atoms with Gasteiger partial charge in [0, 0.05) is 0 Å². The minimum Gasteiger partial charge on any atom is -0.0649 e. The Kier molecular flexibility index (Phi) is 28.8. The van der Waals surface area contributed by atoms with Gasteiger partial charge in [0.1, 0.15) is 0 Å². The van der Waals surface area contributed by atoms with Gasteiger partial charge in [-0.15, -0.1) is 0 Å². The number of hydrogen-bond donors (Lipinski definition) is 0. The van der Waals surface area contributed by atoms with Crippen LogP contribution >= 0.6 is 0 Å². The van der Waals surface area contributed by atoms with E-state index in [0.29, 0.717) is 59.6 Å². The third-order valence-electron chi connectivity index (χ3n) is 24.9. The number of hydrogen-bond acceptors (Lipinski definition) is 0. The Hall–Kier alpha value is 0. The summed E-state index contributed by atoms with van der Waals surface area (Å²) in [6, 6.07) is 0. The summed E-state index contributed by atoms with van der Waals surface area (Å²) in [6.07, 6.45) is 41.9. The molecule has 0 radical (unpaired) electrons. The van der Waals surface area contributed by atoms with Gasteiger partial charge < -0.3 is 0 Å². The number of rotatable bonds is 9. The summed E-state index contributed by atoms with van der Waals surface area (Å²) in [5.74, 6) is 5.54. The monoisotopic (exact) mass is 1040 g/mol. The Morgan fingerprint density at radius 1 is 0.284 bits per heavy atom. The first-order chi connectivity index (χ1) is 33.5. The first-order valence-corrected chi connectivity index (χ1v) is 33.5. The standard InChI is InChI=1S/C15H30.2C13H26.C12H24.C11H22.C10H20/c1-12(13(2,3)4)15(7)10-8-14(5,6)9-11-15;1-11(12(2,3)4)13(5)9-7-6-8-10-13;1-6-13(4,5)11-7-9-12(2,3)10-8-11;1-10(11(2,3)4)12(5)8-6-7-9-12;1-4-11(2,3)10-8-6-5-7-9-10;1-4-10(2,3)9-7-5-6-8-9/h12H,8-11H2,1-7H3;2*11H,6-10H2,1-5H3;10H,6-9H2,1-5H3;10H,4-9H2,1-3H3;9H,4-8H2,1-3H3. The van der Waals surface area contributed by atoms with Crippen LogP contribution in [-0.2, 0) is 0 Å². The molecule has 6 saturated carbocycles. The second-order valence-corrected chi connectivity index (χ2v) is 35.4. The molecule has 6 rings (SSSR count). The Bertz CT molecular complexity index is 1440. The molecule has 0 saturated heterocycles. The quantitative estimate of drug-likeness (QED) is 0.216. The highest BCUT2D eigenvalue weighted by atomic mass is 14.5. The fraction of sp³-hybridized carbons (Fsp3) is 1.00. The van der Waals surface area contributed by atoms with Gasteiger partial charge in [-0.25, -0.2) is 0 Å². The molecule has 0 aliphatic heterocycles. The zero-order valence-electron chi connectivity index (χ0n) is 57.5. The lowest BCUT2D eigenvalue weighted by Crippen LogP contribution is -2.39. The van der Waals surface area contributed by atoms with Gasteiger partial charge in [0.15, 0.2) is 0 Å². The van der Waals surface area contributed by atoms with Gasteiger partial charge in [0.25, 0.3) is 0 Å². The molecule has 0 aromatic heterocycles. The van der Waals surface area contributed by atoms with Gasteiger partial charge in [0.05, 0.1) is 0 Å². The van der Waals surface area contributed by atoms with Crippen molar-refractivity contribution < 1.29 is 0 Å². The van der Waals surface area contributed by atoms with Crippen LogP contribution in [-0.4, -0.2) is 0 Å². The van der Waals surface area contributed by atoms with Crippen molar-refractivity contribution in [2.45, 2.75) is 380 Å². The maximum atomic E-state index is 2.51. The van der Waals surface area contributed by atoms with Crippen LogP contribution in [0.3, 0.4) is 0 Å². The summed E-state index contributed by atoms with van der Waals surface area (Å²) in [5, 5.41) is 0. The Morgan fingerprint density at radius 2 is 0.500 bits per heavy atom. The molecule has 0 nitrogen and oxygen atoms in total. The largest absolute Gasteiger partial charge is 0.0649 e. The lowest BCUT2D eigenvalue weighted by molar-refractivity contribution is 0.0144. The fourth-order valence-corrected chi connectivity index (χ4v) is 15.1. The van der Waals surface area contributed by atoms with Crippen molar-refractivity contribution >= 4 is 0 Å². The summed E-state index contributed by atoms with van der Waals surface area (Å²) < 4.78 is 0. The fourth-order valence-electron chi connectivity index (χ4n) is 15.1. The van der Waals surface area contributed by atoms with Crippen LogP contribution in [0.2, 0.25) is 0 Å². The lowest BCUT2D eigenvalue weighted by Gasteiger charge is -2.49. The second kappa shape index (κ2) is 29.6. The van der Waals surface area contributed by atoms with Crippen molar-refractivity contribution in [1.82, 2.24) is 0 Å². The van der Waals surface area contributed by atoms with E-state index >= 15 is 0 Å². The van der Waals surface area contributed by atoms with Crippen molar-refractivity contribution in [3.05, 3.63) is 0 Å². The molecule has 6 fully saturated rings. The van der Waals surface area contributed by atoms with Crippen molar-refractivity contribution in [2.75, 3.05) is 0 Å². The molecule has 0 N–H and O–H groups in total. The Morgan fingerprint density at radius 3 is 0.770 bits per heavy atom. The molecular weight excluding hydrogens is 889 g/mol. The van der Waals surface area contributed by atoms with E-state index in [0.717, 1.165) is 35.5 Å². The third kappa shape index (κ3) is 24.0. The van der Waals surface area contributed by atoms with Gasteiger partial charge in [-0.05, 0) is 198 Å². The molecule has 444 valence electrons. The zero-order valence-corrected chi connectivity index (χ0v) is 57.5. The van der Waals surface area contributed by atoms with E-state index in [1.54, 1.807) is 0 Å². The summed E-state index contributed by atoms with van der Waals surface area (Å²) in [4.78, 5) is 0. The van der Waals surface area contributed by atoms with Gasteiger partial charge in [-0.1, -0.05) is 277 Å². The average molecular weight is 1040 g/mol. The van der Waals surface area contributed by atoms with Gasteiger partial charge in [0.2, 0.25) is 0 Å². The molecule has 74 heavy (non-hydrogen) atoms. The predicted molar refractivity (Wildman–Crippen MR) is 340 cm³/mol. The molecular formula is C74H148. The molecule has 6 aliphatic rings. The van der Waals surface area contributed by atoms with Crippen molar-refractivity contribution in [3.63, 3.8) is 0 Å². The van der Waals surface area contributed by atoms with Crippen LogP contribution in [0, 0.1) is 95.1 Å². The molecule has 6 aliphatic carbocycles. The Labute approximate surface area is 472 Å². The van der Waals surface area contributed by atoms with Crippen molar-refractivity contribution in [2.24, 2.45) is 95.1 Å². The van der Waals surface area contributed by atoms with Crippen molar-refractivity contribution in [1.29, 1.82) is 0 Å². The van der Waals surface area contributed by atoms with Crippen LogP contribution in [0.25, 0.3) is 0 Å². The third-order valence-corrected chi connectivity index (χ3v) is 24.9. The van der Waals surface area contributed by atoms with Crippen LogP contribution < -0.4 is 0 Å². The maximum Gasteiger partial charge on any atom is -0.0295 e. The Balaban J connectivity index is 0.000000446. The topological polar surface area (TPSA) is 0 Å². The molecule has 0 heterocycles. The van der Waals surface area contributed by atoms with E-state index < -0.39 is 0 Å². The van der Waals surface area contributed by atoms with Crippen molar-refractivity contribution in [3.8, 4) is 0 Å². The minimum absolute atomic E-state index is 0.455. The van der Waals surface area contributed by atoms with E-state index in [1.807, 2.05) is 0 Å². The summed E-state index contributed by atoms with van der Waals surface area (Å²) in [6.45, 7) is 67.6. The van der Waals surface area contributed by atoms with E-state index in [2.05, 4.69) is 194 Å². The molecule has 3 unspecified atom stereocenters. The average Bonchev–Trinajstić information content (AvgIpc) is 4.04. The molecule has 0 spiro atoms. The zero-order chi connectivity index (χ0) is 57.5. The molecule has 0 amide bonds. The molecule has 0 bridgehead atoms. The summed E-state index contributed by atoms with van der Waals surface area (Å²) in [5.41, 5.74) is 6.29. The highest BCUT2D eigenvalue weighted by Crippen LogP contribution is 2.54. The molecule has 0 heteroatoms. The van der Waals surface area contributed by atoms with Gasteiger partial charge in [-0.2, -0.15) is 0 Å². The molecule has 0 aromatic rings. The van der Waals surface area contributed by atoms with Gasteiger partial charge >= 0.3 is 0 Å².